The summed E-state index contributed by atoms with van der Waals surface area (Å²) < 4.78 is 5.44. The lowest BCUT2D eigenvalue weighted by molar-refractivity contribution is 0.405. The fourth-order valence-electron chi connectivity index (χ4n) is 1.93. The largest absolute Gasteiger partial charge is 0.496 e. The molecule has 3 heteroatoms. The number of rotatable bonds is 5. The van der Waals surface area contributed by atoms with Crippen molar-refractivity contribution in [1.82, 2.24) is 5.32 Å². The maximum absolute atomic E-state index is 5.44. The minimum atomic E-state index is 0.113. The van der Waals surface area contributed by atoms with Gasteiger partial charge in [0.15, 0.2) is 0 Å². The molecule has 0 aliphatic carbocycles. The van der Waals surface area contributed by atoms with Crippen LogP contribution in [0.5, 0.6) is 5.75 Å². The minimum Gasteiger partial charge on any atom is -0.496 e. The Morgan fingerprint density at radius 3 is 2.24 bits per heavy atom. The van der Waals surface area contributed by atoms with Gasteiger partial charge in [-0.05, 0) is 44.5 Å². The molecule has 0 fully saturated rings. The monoisotopic (exact) mass is 301 g/mol. The van der Waals surface area contributed by atoms with E-state index in [1.165, 1.54) is 10.5 Å². The van der Waals surface area contributed by atoms with Crippen molar-refractivity contribution in [2.24, 2.45) is 0 Å². The standard InChI is InChI=1S/C18H23NOS/c1-18(2,3)19-13-14-9-5-7-11-16(14)21-17-12-8-6-10-15(17)20-4/h5-12,19H,13H2,1-4H3. The van der Waals surface area contributed by atoms with Gasteiger partial charge in [-0.3, -0.25) is 0 Å². The van der Waals surface area contributed by atoms with Crippen molar-refractivity contribution < 1.29 is 4.74 Å². The first kappa shape index (κ1) is 15.9. The summed E-state index contributed by atoms with van der Waals surface area (Å²) in [7, 11) is 1.71. The highest BCUT2D eigenvalue weighted by molar-refractivity contribution is 7.99. The van der Waals surface area contributed by atoms with Crippen LogP contribution in [0, 0.1) is 0 Å². The molecular formula is C18H23NOS. The van der Waals surface area contributed by atoms with Gasteiger partial charge < -0.3 is 10.1 Å². The summed E-state index contributed by atoms with van der Waals surface area (Å²) >= 11 is 1.75. The number of hydrogen-bond donors (Lipinski definition) is 1. The summed E-state index contributed by atoms with van der Waals surface area (Å²) in [5.74, 6) is 0.918. The summed E-state index contributed by atoms with van der Waals surface area (Å²) in [4.78, 5) is 2.40. The molecule has 2 aromatic rings. The minimum absolute atomic E-state index is 0.113. The first-order valence-electron chi connectivity index (χ1n) is 7.13. The van der Waals surface area contributed by atoms with Gasteiger partial charge in [0, 0.05) is 17.0 Å². The average molecular weight is 301 g/mol. The third-order valence-electron chi connectivity index (χ3n) is 3.07. The molecule has 0 aromatic heterocycles. The lowest BCUT2D eigenvalue weighted by Crippen LogP contribution is -2.35. The fraction of sp³-hybridized carbons (Fsp3) is 0.333. The van der Waals surface area contributed by atoms with Crippen LogP contribution in [0.1, 0.15) is 26.3 Å². The van der Waals surface area contributed by atoms with Gasteiger partial charge in [0.05, 0.1) is 12.0 Å². The van der Waals surface area contributed by atoms with Crippen molar-refractivity contribution in [2.75, 3.05) is 7.11 Å². The molecule has 0 atom stereocenters. The number of hydrogen-bond acceptors (Lipinski definition) is 3. The zero-order valence-electron chi connectivity index (χ0n) is 13.1. The van der Waals surface area contributed by atoms with Crippen LogP contribution in [0.15, 0.2) is 58.3 Å². The second-order valence-corrected chi connectivity index (χ2v) is 7.05. The molecule has 0 aliphatic rings. The van der Waals surface area contributed by atoms with Crippen LogP contribution in [-0.4, -0.2) is 12.6 Å². The van der Waals surface area contributed by atoms with Gasteiger partial charge in [-0.25, -0.2) is 0 Å². The Morgan fingerprint density at radius 2 is 1.57 bits per heavy atom. The molecular weight excluding hydrogens is 278 g/mol. The Hall–Kier alpha value is -1.45. The van der Waals surface area contributed by atoms with Gasteiger partial charge in [0.25, 0.3) is 0 Å². The van der Waals surface area contributed by atoms with Crippen molar-refractivity contribution >= 4 is 11.8 Å². The summed E-state index contributed by atoms with van der Waals surface area (Å²) in [6.45, 7) is 7.41. The van der Waals surface area contributed by atoms with E-state index in [1.807, 2.05) is 18.2 Å². The smallest absolute Gasteiger partial charge is 0.132 e. The normalized spacial score (nSPS) is 11.4. The second kappa shape index (κ2) is 7.01. The lowest BCUT2D eigenvalue weighted by Gasteiger charge is -2.21. The predicted molar refractivity (Wildman–Crippen MR) is 90.2 cm³/mol. The molecule has 2 nitrogen and oxygen atoms in total. The SMILES string of the molecule is COc1ccccc1Sc1ccccc1CNC(C)(C)C. The quantitative estimate of drug-likeness (QED) is 0.862. The third-order valence-corrected chi connectivity index (χ3v) is 4.25. The fourth-order valence-corrected chi connectivity index (χ4v) is 2.98. The van der Waals surface area contributed by atoms with Crippen LogP contribution < -0.4 is 10.1 Å². The molecule has 0 heterocycles. The van der Waals surface area contributed by atoms with Crippen molar-refractivity contribution in [3.63, 3.8) is 0 Å². The van der Waals surface area contributed by atoms with Crippen molar-refractivity contribution in [1.29, 1.82) is 0 Å². The molecule has 2 rings (SSSR count). The first-order valence-corrected chi connectivity index (χ1v) is 7.95. The van der Waals surface area contributed by atoms with E-state index in [-0.39, 0.29) is 5.54 Å². The zero-order valence-corrected chi connectivity index (χ0v) is 14.0. The van der Waals surface area contributed by atoms with E-state index in [2.05, 4.69) is 56.4 Å². The topological polar surface area (TPSA) is 21.3 Å². The van der Waals surface area contributed by atoms with Gasteiger partial charge in [0.1, 0.15) is 5.75 Å². The molecule has 0 saturated heterocycles. The van der Waals surface area contributed by atoms with Crippen LogP contribution in [0.4, 0.5) is 0 Å². The number of benzene rings is 2. The van der Waals surface area contributed by atoms with Gasteiger partial charge in [-0.15, -0.1) is 0 Å². The molecule has 0 spiro atoms. The molecule has 0 saturated carbocycles. The van der Waals surface area contributed by atoms with Crippen molar-refractivity contribution in [3.05, 3.63) is 54.1 Å². The number of para-hydroxylation sites is 1. The molecule has 0 radical (unpaired) electrons. The molecule has 0 amide bonds. The van der Waals surface area contributed by atoms with E-state index in [1.54, 1.807) is 18.9 Å². The van der Waals surface area contributed by atoms with Gasteiger partial charge in [-0.1, -0.05) is 42.1 Å². The van der Waals surface area contributed by atoms with Crippen molar-refractivity contribution in [2.45, 2.75) is 42.6 Å². The van der Waals surface area contributed by atoms with E-state index in [0.29, 0.717) is 0 Å². The van der Waals surface area contributed by atoms with Crippen LogP contribution in [-0.2, 0) is 6.54 Å². The number of methoxy groups -OCH3 is 1. The summed E-state index contributed by atoms with van der Waals surface area (Å²) in [5.41, 5.74) is 1.42. The zero-order chi connectivity index (χ0) is 15.3. The number of nitrogens with one attached hydrogen (secondary N) is 1. The highest BCUT2D eigenvalue weighted by atomic mass is 32.2. The van der Waals surface area contributed by atoms with Gasteiger partial charge in [-0.2, -0.15) is 0 Å². The van der Waals surface area contributed by atoms with E-state index in [9.17, 15) is 0 Å². The van der Waals surface area contributed by atoms with Crippen molar-refractivity contribution in [3.8, 4) is 5.75 Å². The molecule has 0 unspecified atom stereocenters. The first-order chi connectivity index (χ1) is 9.99. The maximum Gasteiger partial charge on any atom is 0.132 e. The van der Waals surface area contributed by atoms with E-state index >= 15 is 0 Å². The van der Waals surface area contributed by atoms with Crippen LogP contribution in [0.2, 0.25) is 0 Å². The average Bonchev–Trinajstić information content (AvgIpc) is 2.46. The second-order valence-electron chi connectivity index (χ2n) is 5.96. The Bertz CT molecular complexity index is 590. The third kappa shape index (κ3) is 4.80. The van der Waals surface area contributed by atoms with E-state index < -0.39 is 0 Å². The summed E-state index contributed by atoms with van der Waals surface area (Å²) in [6.07, 6.45) is 0. The maximum atomic E-state index is 5.44. The van der Waals surface area contributed by atoms with E-state index in [0.717, 1.165) is 17.2 Å². The Labute approximate surface area is 131 Å². The molecule has 1 N–H and O–H groups in total. The molecule has 112 valence electrons. The molecule has 2 aromatic carbocycles. The summed E-state index contributed by atoms with van der Waals surface area (Å²) in [5, 5.41) is 3.55. The van der Waals surface area contributed by atoms with Crippen LogP contribution >= 0.6 is 11.8 Å². The van der Waals surface area contributed by atoms with Crippen LogP contribution in [0.3, 0.4) is 0 Å². The Kier molecular flexibility index (Phi) is 5.32. The Balaban J connectivity index is 2.20. The highest BCUT2D eigenvalue weighted by Crippen LogP contribution is 2.36. The van der Waals surface area contributed by atoms with Gasteiger partial charge >= 0.3 is 0 Å². The lowest BCUT2D eigenvalue weighted by atomic mass is 10.1. The predicted octanol–water partition coefficient (Wildman–Crippen LogP) is 4.73. The summed E-state index contributed by atoms with van der Waals surface area (Å²) in [6, 6.07) is 16.6. The van der Waals surface area contributed by atoms with E-state index in [4.69, 9.17) is 4.74 Å². The molecule has 0 bridgehead atoms. The van der Waals surface area contributed by atoms with Crippen LogP contribution in [0.25, 0.3) is 0 Å². The number of ether oxygens (including phenoxy) is 1. The Morgan fingerprint density at radius 1 is 0.952 bits per heavy atom. The molecule has 21 heavy (non-hydrogen) atoms. The molecule has 0 aliphatic heterocycles. The highest BCUT2D eigenvalue weighted by Gasteiger charge is 2.12. The van der Waals surface area contributed by atoms with Gasteiger partial charge in [0.2, 0.25) is 0 Å².